The van der Waals surface area contributed by atoms with E-state index in [0.29, 0.717) is 5.65 Å². The lowest BCUT2D eigenvalue weighted by molar-refractivity contribution is -0.149. The summed E-state index contributed by atoms with van der Waals surface area (Å²) < 4.78 is 38.4. The normalized spacial score (nSPS) is 14.4. The lowest BCUT2D eigenvalue weighted by Crippen LogP contribution is -2.28. The van der Waals surface area contributed by atoms with Crippen LogP contribution in [0.15, 0.2) is 30.6 Å². The molecule has 2 rings (SSSR count). The molecule has 80 valence electrons. The molecular formula is C9H8F3N3. The SMILES string of the molecule is NC(c1cn2ccccc2n1)C(F)(F)F. The van der Waals surface area contributed by atoms with Crippen LogP contribution >= 0.6 is 0 Å². The van der Waals surface area contributed by atoms with Crippen LogP contribution in [0.3, 0.4) is 0 Å². The Balaban J connectivity index is 2.45. The van der Waals surface area contributed by atoms with Crippen LogP contribution in [0.1, 0.15) is 11.7 Å². The minimum atomic E-state index is -4.46. The highest BCUT2D eigenvalue weighted by Crippen LogP contribution is 2.29. The maximum Gasteiger partial charge on any atom is 0.409 e. The summed E-state index contributed by atoms with van der Waals surface area (Å²) in [4.78, 5) is 3.80. The van der Waals surface area contributed by atoms with Crippen LogP contribution in [0, 0.1) is 0 Å². The molecule has 0 aromatic carbocycles. The van der Waals surface area contributed by atoms with E-state index >= 15 is 0 Å². The van der Waals surface area contributed by atoms with E-state index in [-0.39, 0.29) is 5.69 Å². The molecule has 0 spiro atoms. The minimum Gasteiger partial charge on any atom is -0.315 e. The Kier molecular flexibility index (Phi) is 2.15. The average Bonchev–Trinajstić information content (AvgIpc) is 2.58. The summed E-state index contributed by atoms with van der Waals surface area (Å²) in [6.45, 7) is 0. The second kappa shape index (κ2) is 3.23. The van der Waals surface area contributed by atoms with Gasteiger partial charge in [-0.15, -0.1) is 0 Å². The summed E-state index contributed by atoms with van der Waals surface area (Å²) in [6, 6.07) is 2.99. The van der Waals surface area contributed by atoms with Crippen molar-refractivity contribution in [2.75, 3.05) is 0 Å². The van der Waals surface area contributed by atoms with Crippen molar-refractivity contribution in [1.82, 2.24) is 9.38 Å². The van der Waals surface area contributed by atoms with Gasteiger partial charge in [-0.1, -0.05) is 6.07 Å². The van der Waals surface area contributed by atoms with E-state index < -0.39 is 12.2 Å². The monoisotopic (exact) mass is 215 g/mol. The molecule has 2 aromatic rings. The predicted octanol–water partition coefficient (Wildman–Crippen LogP) is 1.90. The smallest absolute Gasteiger partial charge is 0.315 e. The number of halogens is 3. The fourth-order valence-electron chi connectivity index (χ4n) is 1.27. The maximum atomic E-state index is 12.3. The number of hydrogen-bond donors (Lipinski definition) is 1. The topological polar surface area (TPSA) is 43.3 Å². The molecule has 0 amide bonds. The summed E-state index contributed by atoms with van der Waals surface area (Å²) in [5.41, 5.74) is 5.31. The van der Waals surface area contributed by atoms with Crippen LogP contribution in [-0.2, 0) is 0 Å². The zero-order valence-electron chi connectivity index (χ0n) is 7.57. The molecule has 15 heavy (non-hydrogen) atoms. The van der Waals surface area contributed by atoms with Gasteiger partial charge in [0.05, 0.1) is 5.69 Å². The first kappa shape index (κ1) is 9.97. The molecule has 0 saturated heterocycles. The van der Waals surface area contributed by atoms with E-state index in [9.17, 15) is 13.2 Å². The Bertz CT molecular complexity index is 442. The van der Waals surface area contributed by atoms with Crippen LogP contribution in [0.4, 0.5) is 13.2 Å². The molecule has 3 nitrogen and oxygen atoms in total. The molecule has 2 N–H and O–H groups in total. The van der Waals surface area contributed by atoms with Crippen molar-refractivity contribution in [3.63, 3.8) is 0 Å². The molecule has 0 radical (unpaired) electrons. The first-order chi connectivity index (χ1) is 6.98. The molecule has 2 heterocycles. The summed E-state index contributed by atoms with van der Waals surface area (Å²) in [5.74, 6) is 0. The van der Waals surface area contributed by atoms with Gasteiger partial charge in [0.25, 0.3) is 0 Å². The fraction of sp³-hybridized carbons (Fsp3) is 0.222. The molecule has 0 aliphatic heterocycles. The fourth-order valence-corrected chi connectivity index (χ4v) is 1.27. The van der Waals surface area contributed by atoms with E-state index in [4.69, 9.17) is 5.73 Å². The number of nitrogens with zero attached hydrogens (tertiary/aromatic N) is 2. The number of alkyl halides is 3. The Morgan fingerprint density at radius 2 is 2.07 bits per heavy atom. The highest BCUT2D eigenvalue weighted by atomic mass is 19.4. The highest BCUT2D eigenvalue weighted by Gasteiger charge is 2.39. The van der Waals surface area contributed by atoms with Crippen molar-refractivity contribution in [3.05, 3.63) is 36.3 Å². The molecule has 0 saturated carbocycles. The summed E-state index contributed by atoms with van der Waals surface area (Å²) in [5, 5.41) is 0. The minimum absolute atomic E-state index is 0.172. The van der Waals surface area contributed by atoms with Crippen LogP contribution in [0.2, 0.25) is 0 Å². The van der Waals surface area contributed by atoms with Crippen molar-refractivity contribution in [2.45, 2.75) is 12.2 Å². The van der Waals surface area contributed by atoms with Gasteiger partial charge >= 0.3 is 6.18 Å². The number of hydrogen-bond acceptors (Lipinski definition) is 2. The van der Waals surface area contributed by atoms with Crippen molar-refractivity contribution in [2.24, 2.45) is 5.73 Å². The largest absolute Gasteiger partial charge is 0.409 e. The van der Waals surface area contributed by atoms with E-state index in [1.165, 1.54) is 10.6 Å². The molecule has 0 fully saturated rings. The van der Waals surface area contributed by atoms with Crippen molar-refractivity contribution >= 4 is 5.65 Å². The van der Waals surface area contributed by atoms with Crippen molar-refractivity contribution < 1.29 is 13.2 Å². The van der Waals surface area contributed by atoms with Gasteiger partial charge < -0.3 is 10.1 Å². The number of rotatable bonds is 1. The first-order valence-corrected chi connectivity index (χ1v) is 4.24. The van der Waals surface area contributed by atoms with Crippen molar-refractivity contribution in [1.29, 1.82) is 0 Å². The molecule has 2 aromatic heterocycles. The lowest BCUT2D eigenvalue weighted by Gasteiger charge is -2.12. The Labute approximate surface area is 83.3 Å². The number of imidazole rings is 1. The van der Waals surface area contributed by atoms with Gasteiger partial charge in [-0.2, -0.15) is 13.2 Å². The zero-order chi connectivity index (χ0) is 11.1. The molecule has 6 heteroatoms. The quantitative estimate of drug-likeness (QED) is 0.789. The second-order valence-corrected chi connectivity index (χ2v) is 3.15. The average molecular weight is 215 g/mol. The molecule has 1 unspecified atom stereocenters. The highest BCUT2D eigenvalue weighted by molar-refractivity contribution is 5.40. The van der Waals surface area contributed by atoms with Gasteiger partial charge in [0.15, 0.2) is 0 Å². The van der Waals surface area contributed by atoms with Gasteiger partial charge in [0, 0.05) is 12.4 Å². The molecule has 1 atom stereocenters. The molecule has 0 aliphatic carbocycles. The van der Waals surface area contributed by atoms with Crippen LogP contribution in [-0.4, -0.2) is 15.6 Å². The van der Waals surface area contributed by atoms with Crippen LogP contribution in [0.5, 0.6) is 0 Å². The van der Waals surface area contributed by atoms with Crippen LogP contribution in [0.25, 0.3) is 5.65 Å². The number of aromatic nitrogens is 2. The van der Waals surface area contributed by atoms with Gasteiger partial charge in [-0.05, 0) is 12.1 Å². The van der Waals surface area contributed by atoms with E-state index in [2.05, 4.69) is 4.98 Å². The number of nitrogens with two attached hydrogens (primary N) is 1. The second-order valence-electron chi connectivity index (χ2n) is 3.15. The third-order valence-corrected chi connectivity index (χ3v) is 2.05. The Morgan fingerprint density at radius 3 is 2.67 bits per heavy atom. The van der Waals surface area contributed by atoms with E-state index in [1.807, 2.05) is 0 Å². The van der Waals surface area contributed by atoms with Gasteiger partial charge in [-0.25, -0.2) is 4.98 Å². The number of pyridine rings is 1. The van der Waals surface area contributed by atoms with Crippen LogP contribution < -0.4 is 5.73 Å². The van der Waals surface area contributed by atoms with E-state index in [1.54, 1.807) is 24.4 Å². The Morgan fingerprint density at radius 1 is 1.33 bits per heavy atom. The third-order valence-electron chi connectivity index (χ3n) is 2.05. The zero-order valence-corrected chi connectivity index (χ0v) is 7.57. The van der Waals surface area contributed by atoms with E-state index in [0.717, 1.165) is 0 Å². The summed E-state index contributed by atoms with van der Waals surface area (Å²) >= 11 is 0. The summed E-state index contributed by atoms with van der Waals surface area (Å²) in [6.07, 6.45) is -1.56. The molecule has 0 bridgehead atoms. The van der Waals surface area contributed by atoms with Gasteiger partial charge in [0.2, 0.25) is 0 Å². The first-order valence-electron chi connectivity index (χ1n) is 4.24. The van der Waals surface area contributed by atoms with Gasteiger partial charge in [-0.3, -0.25) is 0 Å². The van der Waals surface area contributed by atoms with Gasteiger partial charge in [0.1, 0.15) is 11.7 Å². The molecule has 0 aliphatic rings. The predicted molar refractivity (Wildman–Crippen MR) is 48.2 cm³/mol. The Hall–Kier alpha value is -1.56. The molecular weight excluding hydrogens is 207 g/mol. The summed E-state index contributed by atoms with van der Waals surface area (Å²) in [7, 11) is 0. The number of fused-ring (bicyclic) bond motifs is 1. The third kappa shape index (κ3) is 1.80. The lowest BCUT2D eigenvalue weighted by atomic mass is 10.2. The standard InChI is InChI=1S/C9H8F3N3/c10-9(11,12)8(13)6-5-15-4-2-1-3-7(15)14-6/h1-5,8H,13H2. The van der Waals surface area contributed by atoms with Crippen molar-refractivity contribution in [3.8, 4) is 0 Å². The maximum absolute atomic E-state index is 12.3.